The molecule has 1 saturated heterocycles. The lowest BCUT2D eigenvalue weighted by Crippen LogP contribution is -2.36. The van der Waals surface area contributed by atoms with Gasteiger partial charge in [0, 0.05) is 24.2 Å². The number of aromatic hydroxyl groups is 1. The molecule has 3 rings (SSSR count). The van der Waals surface area contributed by atoms with Gasteiger partial charge >= 0.3 is 0 Å². The Morgan fingerprint density at radius 3 is 2.68 bits per heavy atom. The molecule has 0 atom stereocenters. The van der Waals surface area contributed by atoms with Crippen LogP contribution < -0.4 is 4.90 Å². The van der Waals surface area contributed by atoms with E-state index in [9.17, 15) is 5.11 Å². The molecule has 1 heterocycles. The zero-order valence-electron chi connectivity index (χ0n) is 11.2. The molecule has 2 aromatic carbocycles. The normalized spacial score (nSPS) is 15.9. The predicted octanol–water partition coefficient (Wildman–Crippen LogP) is 2.94. The van der Waals surface area contributed by atoms with Crippen LogP contribution in [0.4, 0.5) is 5.69 Å². The summed E-state index contributed by atoms with van der Waals surface area (Å²) in [5.74, 6) is 0.379. The SMILES string of the molecule is CCc1cc(O)c2cc(N3CCOCC3)ccc2c1. The van der Waals surface area contributed by atoms with Gasteiger partial charge in [0.05, 0.1) is 13.2 Å². The molecule has 3 heteroatoms. The van der Waals surface area contributed by atoms with Crippen molar-refractivity contribution in [2.24, 2.45) is 0 Å². The van der Waals surface area contributed by atoms with E-state index >= 15 is 0 Å². The molecule has 0 aliphatic carbocycles. The number of nitrogens with zero attached hydrogens (tertiary/aromatic N) is 1. The van der Waals surface area contributed by atoms with Crippen molar-refractivity contribution in [2.45, 2.75) is 13.3 Å². The third kappa shape index (κ3) is 2.38. The maximum Gasteiger partial charge on any atom is 0.123 e. The highest BCUT2D eigenvalue weighted by molar-refractivity contribution is 5.91. The molecule has 0 aromatic heterocycles. The molecule has 3 nitrogen and oxygen atoms in total. The van der Waals surface area contributed by atoms with Crippen molar-refractivity contribution in [3.05, 3.63) is 35.9 Å². The highest BCUT2D eigenvalue weighted by Gasteiger charge is 2.12. The molecule has 2 aromatic rings. The topological polar surface area (TPSA) is 32.7 Å². The van der Waals surface area contributed by atoms with Crippen LogP contribution in [0.3, 0.4) is 0 Å². The Hall–Kier alpha value is -1.74. The smallest absolute Gasteiger partial charge is 0.123 e. The monoisotopic (exact) mass is 257 g/mol. The third-order valence-corrected chi connectivity index (χ3v) is 3.76. The van der Waals surface area contributed by atoms with E-state index < -0.39 is 0 Å². The second-order valence-electron chi connectivity index (χ2n) is 4.97. The number of phenolic OH excluding ortho intramolecular Hbond substituents is 1. The highest BCUT2D eigenvalue weighted by atomic mass is 16.5. The van der Waals surface area contributed by atoms with Crippen LogP contribution in [0.2, 0.25) is 0 Å². The molecular formula is C16H19NO2. The van der Waals surface area contributed by atoms with Crippen molar-refractivity contribution >= 4 is 16.5 Å². The fourth-order valence-corrected chi connectivity index (χ4v) is 2.61. The van der Waals surface area contributed by atoms with Gasteiger partial charge in [0.15, 0.2) is 0 Å². The van der Waals surface area contributed by atoms with Crippen molar-refractivity contribution in [1.29, 1.82) is 0 Å². The van der Waals surface area contributed by atoms with E-state index in [1.54, 1.807) is 0 Å². The van der Waals surface area contributed by atoms with Gasteiger partial charge in [-0.2, -0.15) is 0 Å². The van der Waals surface area contributed by atoms with E-state index in [0.29, 0.717) is 5.75 Å². The van der Waals surface area contributed by atoms with Crippen LogP contribution >= 0.6 is 0 Å². The predicted molar refractivity (Wildman–Crippen MR) is 78.0 cm³/mol. The number of benzene rings is 2. The molecule has 100 valence electrons. The highest BCUT2D eigenvalue weighted by Crippen LogP contribution is 2.30. The van der Waals surface area contributed by atoms with Gasteiger partial charge in [0.2, 0.25) is 0 Å². The minimum atomic E-state index is 0.379. The number of ether oxygens (including phenoxy) is 1. The summed E-state index contributed by atoms with van der Waals surface area (Å²) in [6.07, 6.45) is 0.939. The van der Waals surface area contributed by atoms with Crippen molar-refractivity contribution < 1.29 is 9.84 Å². The van der Waals surface area contributed by atoms with Crippen LogP contribution in [0.1, 0.15) is 12.5 Å². The minimum absolute atomic E-state index is 0.379. The van der Waals surface area contributed by atoms with Crippen LogP contribution in [-0.2, 0) is 11.2 Å². The first-order valence-electron chi connectivity index (χ1n) is 6.86. The molecule has 0 amide bonds. The van der Waals surface area contributed by atoms with Gasteiger partial charge in [-0.05, 0) is 35.6 Å². The van der Waals surface area contributed by atoms with Crippen LogP contribution in [0.25, 0.3) is 10.8 Å². The van der Waals surface area contributed by atoms with Gasteiger partial charge in [-0.15, -0.1) is 0 Å². The van der Waals surface area contributed by atoms with Gasteiger partial charge in [-0.25, -0.2) is 0 Å². The number of morpholine rings is 1. The number of hydrogen-bond donors (Lipinski definition) is 1. The van der Waals surface area contributed by atoms with E-state index in [0.717, 1.165) is 49.2 Å². The van der Waals surface area contributed by atoms with E-state index in [-0.39, 0.29) is 0 Å². The fourth-order valence-electron chi connectivity index (χ4n) is 2.61. The number of rotatable bonds is 2. The van der Waals surface area contributed by atoms with Crippen molar-refractivity contribution in [1.82, 2.24) is 0 Å². The quantitative estimate of drug-likeness (QED) is 0.898. The summed E-state index contributed by atoms with van der Waals surface area (Å²) in [4.78, 5) is 2.30. The Labute approximate surface area is 113 Å². The lowest BCUT2D eigenvalue weighted by atomic mass is 10.0. The molecule has 0 saturated carbocycles. The molecular weight excluding hydrogens is 238 g/mol. The summed E-state index contributed by atoms with van der Waals surface area (Å²) < 4.78 is 5.37. The Balaban J connectivity index is 2.02. The lowest BCUT2D eigenvalue weighted by molar-refractivity contribution is 0.122. The van der Waals surface area contributed by atoms with Crippen molar-refractivity contribution in [3.63, 3.8) is 0 Å². The number of anilines is 1. The zero-order valence-corrected chi connectivity index (χ0v) is 11.2. The lowest BCUT2D eigenvalue weighted by Gasteiger charge is -2.29. The summed E-state index contributed by atoms with van der Waals surface area (Å²) in [7, 11) is 0. The summed E-state index contributed by atoms with van der Waals surface area (Å²) in [6.45, 7) is 5.49. The van der Waals surface area contributed by atoms with Gasteiger partial charge in [0.1, 0.15) is 5.75 Å². The van der Waals surface area contributed by atoms with E-state index in [1.807, 2.05) is 6.07 Å². The Morgan fingerprint density at radius 1 is 1.16 bits per heavy atom. The van der Waals surface area contributed by atoms with E-state index in [1.165, 1.54) is 5.56 Å². The van der Waals surface area contributed by atoms with Crippen LogP contribution in [-0.4, -0.2) is 31.4 Å². The molecule has 0 spiro atoms. The minimum Gasteiger partial charge on any atom is -0.507 e. The van der Waals surface area contributed by atoms with E-state index in [4.69, 9.17) is 4.74 Å². The average Bonchev–Trinajstić information content (AvgIpc) is 2.47. The van der Waals surface area contributed by atoms with Gasteiger partial charge in [-0.3, -0.25) is 0 Å². The van der Waals surface area contributed by atoms with Crippen molar-refractivity contribution in [3.8, 4) is 5.75 Å². The first-order chi connectivity index (χ1) is 9.28. The number of hydrogen-bond acceptors (Lipinski definition) is 3. The Bertz CT molecular complexity index is 589. The average molecular weight is 257 g/mol. The number of phenols is 1. The largest absolute Gasteiger partial charge is 0.507 e. The summed E-state index contributed by atoms with van der Waals surface area (Å²) >= 11 is 0. The standard InChI is InChI=1S/C16H19NO2/c1-2-12-9-13-3-4-14(11-15(13)16(18)10-12)17-5-7-19-8-6-17/h3-4,9-11,18H,2,5-8H2,1H3. The first kappa shape index (κ1) is 12.3. The zero-order chi connectivity index (χ0) is 13.2. The van der Waals surface area contributed by atoms with Crippen LogP contribution in [0.5, 0.6) is 5.75 Å². The molecule has 1 aliphatic rings. The molecule has 0 unspecified atom stereocenters. The first-order valence-corrected chi connectivity index (χ1v) is 6.86. The third-order valence-electron chi connectivity index (χ3n) is 3.76. The number of aryl methyl sites for hydroxylation is 1. The van der Waals surface area contributed by atoms with Gasteiger partial charge < -0.3 is 14.7 Å². The maximum absolute atomic E-state index is 10.2. The van der Waals surface area contributed by atoms with Crippen LogP contribution in [0, 0.1) is 0 Å². The molecule has 1 fully saturated rings. The van der Waals surface area contributed by atoms with Crippen LogP contribution in [0.15, 0.2) is 30.3 Å². The maximum atomic E-state index is 10.2. The Morgan fingerprint density at radius 2 is 1.95 bits per heavy atom. The number of fused-ring (bicyclic) bond motifs is 1. The second-order valence-corrected chi connectivity index (χ2v) is 4.97. The summed E-state index contributed by atoms with van der Waals surface area (Å²) in [5, 5.41) is 12.2. The Kier molecular flexibility index (Phi) is 3.30. The van der Waals surface area contributed by atoms with Gasteiger partial charge in [0.25, 0.3) is 0 Å². The second kappa shape index (κ2) is 5.10. The molecule has 1 N–H and O–H groups in total. The fraction of sp³-hybridized carbons (Fsp3) is 0.375. The van der Waals surface area contributed by atoms with Gasteiger partial charge in [-0.1, -0.05) is 19.1 Å². The molecule has 0 radical (unpaired) electrons. The summed E-state index contributed by atoms with van der Waals surface area (Å²) in [6, 6.07) is 10.3. The molecule has 1 aliphatic heterocycles. The molecule has 0 bridgehead atoms. The van der Waals surface area contributed by atoms with E-state index in [2.05, 4.69) is 36.1 Å². The summed E-state index contributed by atoms with van der Waals surface area (Å²) in [5.41, 5.74) is 2.33. The molecule has 19 heavy (non-hydrogen) atoms. The van der Waals surface area contributed by atoms with Crippen molar-refractivity contribution in [2.75, 3.05) is 31.2 Å².